The highest BCUT2D eigenvalue weighted by atomic mass is 32.1. The molecule has 2 heterocycles. The second-order valence-electron chi connectivity index (χ2n) is 8.95. The van der Waals surface area contributed by atoms with E-state index >= 15 is 0 Å². The van der Waals surface area contributed by atoms with E-state index in [4.69, 9.17) is 0 Å². The molecule has 176 valence electrons. The Balaban J connectivity index is 1.55. The molecule has 0 bridgehead atoms. The van der Waals surface area contributed by atoms with E-state index in [9.17, 15) is 4.79 Å². The van der Waals surface area contributed by atoms with Crippen molar-refractivity contribution in [3.05, 3.63) is 113 Å². The molecule has 5 heteroatoms. The Morgan fingerprint density at radius 2 is 1.66 bits per heavy atom. The zero-order valence-electron chi connectivity index (χ0n) is 20.3. The molecular weight excluding hydrogens is 450 g/mol. The molecule has 2 aromatic heterocycles. The minimum absolute atomic E-state index is 0.109. The Morgan fingerprint density at radius 1 is 0.886 bits per heavy atom. The second kappa shape index (κ2) is 9.80. The lowest BCUT2D eigenvalue weighted by molar-refractivity contribution is 0.206. The number of hydrogen-bond acceptors (Lipinski definition) is 2. The number of hydrogen-bond donors (Lipinski definition) is 1. The summed E-state index contributed by atoms with van der Waals surface area (Å²) in [4.78, 5) is 16.8. The number of carbonyl (C=O) groups excluding carboxylic acids is 1. The Kier molecular flexibility index (Phi) is 6.43. The van der Waals surface area contributed by atoms with Crippen molar-refractivity contribution in [1.29, 1.82) is 0 Å². The molecule has 0 fully saturated rings. The summed E-state index contributed by atoms with van der Waals surface area (Å²) in [6.07, 6.45) is 0. The molecular formula is C30H29N3OS. The highest BCUT2D eigenvalue weighted by molar-refractivity contribution is 7.13. The molecule has 0 aliphatic heterocycles. The number of para-hydroxylation sites is 1. The van der Waals surface area contributed by atoms with Crippen molar-refractivity contribution in [2.45, 2.75) is 26.9 Å². The number of urea groups is 1. The fourth-order valence-corrected chi connectivity index (χ4v) is 5.41. The first-order valence-electron chi connectivity index (χ1n) is 11.8. The Bertz CT molecular complexity index is 1470. The number of amides is 2. The van der Waals surface area contributed by atoms with E-state index in [1.54, 1.807) is 11.3 Å². The summed E-state index contributed by atoms with van der Waals surface area (Å²) in [5.74, 6) is 0. The van der Waals surface area contributed by atoms with Crippen LogP contribution < -0.4 is 5.32 Å². The van der Waals surface area contributed by atoms with E-state index in [1.165, 1.54) is 27.0 Å². The van der Waals surface area contributed by atoms with Crippen molar-refractivity contribution in [2.24, 2.45) is 7.05 Å². The molecule has 0 saturated heterocycles. The zero-order chi connectivity index (χ0) is 24.4. The molecule has 0 saturated carbocycles. The summed E-state index contributed by atoms with van der Waals surface area (Å²) >= 11 is 1.72. The lowest BCUT2D eigenvalue weighted by Crippen LogP contribution is -2.34. The molecule has 35 heavy (non-hydrogen) atoms. The van der Waals surface area contributed by atoms with Crippen LogP contribution in [0, 0.1) is 13.8 Å². The average molecular weight is 480 g/mol. The van der Waals surface area contributed by atoms with Crippen molar-refractivity contribution in [3.63, 3.8) is 0 Å². The predicted molar refractivity (Wildman–Crippen MR) is 147 cm³/mol. The van der Waals surface area contributed by atoms with E-state index in [0.717, 1.165) is 22.4 Å². The molecule has 0 unspecified atom stereocenters. The lowest BCUT2D eigenvalue weighted by Gasteiger charge is -2.24. The van der Waals surface area contributed by atoms with Gasteiger partial charge in [-0.25, -0.2) is 4.79 Å². The van der Waals surface area contributed by atoms with E-state index < -0.39 is 0 Å². The molecule has 0 atom stereocenters. The fourth-order valence-electron chi connectivity index (χ4n) is 4.58. The van der Waals surface area contributed by atoms with Gasteiger partial charge in [-0.05, 0) is 60.2 Å². The summed E-state index contributed by atoms with van der Waals surface area (Å²) in [5.41, 5.74) is 7.77. The standard InChI is InChI=1S/C30H29N3OS/c1-21-15-16-24(18-22(21)2)31-30(34)33(19-23-10-5-4-6-11-23)20-26-25-12-7-8-13-27(25)32(3)29(26)28-14-9-17-35-28/h4-18H,19-20H2,1-3H3,(H,31,34). The molecule has 4 nitrogen and oxygen atoms in total. The van der Waals surface area contributed by atoms with Crippen LogP contribution in [-0.2, 0) is 20.1 Å². The third kappa shape index (κ3) is 4.73. The number of carbonyl (C=O) groups is 1. The highest BCUT2D eigenvalue weighted by Gasteiger charge is 2.22. The average Bonchev–Trinajstić information content (AvgIpc) is 3.48. The summed E-state index contributed by atoms with van der Waals surface area (Å²) < 4.78 is 2.25. The predicted octanol–water partition coefficient (Wildman–Crippen LogP) is 7.76. The first-order chi connectivity index (χ1) is 17.0. The Hall–Kier alpha value is -3.83. The van der Waals surface area contributed by atoms with Crippen molar-refractivity contribution >= 4 is 34.0 Å². The molecule has 5 rings (SSSR count). The monoisotopic (exact) mass is 479 g/mol. The molecule has 0 spiro atoms. The van der Waals surface area contributed by atoms with Crippen LogP contribution in [0.25, 0.3) is 21.5 Å². The van der Waals surface area contributed by atoms with Crippen LogP contribution >= 0.6 is 11.3 Å². The minimum atomic E-state index is -0.109. The number of aryl methyl sites for hydroxylation is 3. The fraction of sp³-hybridized carbons (Fsp3) is 0.167. The molecule has 1 N–H and O–H groups in total. The van der Waals surface area contributed by atoms with Crippen LogP contribution in [0.15, 0.2) is 90.3 Å². The van der Waals surface area contributed by atoms with Gasteiger partial charge < -0.3 is 14.8 Å². The third-order valence-electron chi connectivity index (χ3n) is 6.58. The van der Waals surface area contributed by atoms with Crippen molar-refractivity contribution in [2.75, 3.05) is 5.32 Å². The van der Waals surface area contributed by atoms with Gasteiger partial charge in [-0.2, -0.15) is 0 Å². The Labute approximate surface area is 210 Å². The van der Waals surface area contributed by atoms with Crippen molar-refractivity contribution < 1.29 is 4.79 Å². The van der Waals surface area contributed by atoms with Crippen molar-refractivity contribution in [3.8, 4) is 10.6 Å². The highest BCUT2D eigenvalue weighted by Crippen LogP contribution is 2.36. The van der Waals surface area contributed by atoms with Gasteiger partial charge in [0.25, 0.3) is 0 Å². The Morgan fingerprint density at radius 3 is 2.40 bits per heavy atom. The van der Waals surface area contributed by atoms with Gasteiger partial charge in [0.2, 0.25) is 0 Å². The summed E-state index contributed by atoms with van der Waals surface area (Å²) in [7, 11) is 2.11. The lowest BCUT2D eigenvalue weighted by atomic mass is 10.1. The van der Waals surface area contributed by atoms with Gasteiger partial charge in [0.05, 0.1) is 17.1 Å². The van der Waals surface area contributed by atoms with Gasteiger partial charge in [-0.3, -0.25) is 0 Å². The number of thiophene rings is 1. The van der Waals surface area contributed by atoms with E-state index in [2.05, 4.69) is 84.7 Å². The summed E-state index contributed by atoms with van der Waals surface area (Å²) in [6, 6.07) is 28.8. The van der Waals surface area contributed by atoms with Gasteiger partial charge in [0.1, 0.15) is 0 Å². The quantitative estimate of drug-likeness (QED) is 0.265. The third-order valence-corrected chi connectivity index (χ3v) is 7.45. The summed E-state index contributed by atoms with van der Waals surface area (Å²) in [5, 5.41) is 6.42. The van der Waals surface area contributed by atoms with Crippen LogP contribution in [-0.4, -0.2) is 15.5 Å². The van der Waals surface area contributed by atoms with Gasteiger partial charge in [0, 0.05) is 35.7 Å². The van der Waals surface area contributed by atoms with E-state index in [1.807, 2.05) is 41.3 Å². The van der Waals surface area contributed by atoms with Gasteiger partial charge >= 0.3 is 6.03 Å². The largest absolute Gasteiger partial charge is 0.343 e. The second-order valence-corrected chi connectivity index (χ2v) is 9.90. The first kappa shape index (κ1) is 22.9. The van der Waals surface area contributed by atoms with E-state index in [0.29, 0.717) is 13.1 Å². The van der Waals surface area contributed by atoms with Crippen LogP contribution in [0.5, 0.6) is 0 Å². The minimum Gasteiger partial charge on any atom is -0.343 e. The number of anilines is 1. The number of nitrogens with one attached hydrogen (secondary N) is 1. The zero-order valence-corrected chi connectivity index (χ0v) is 21.1. The van der Waals surface area contributed by atoms with Crippen LogP contribution in [0.3, 0.4) is 0 Å². The number of rotatable bonds is 6. The van der Waals surface area contributed by atoms with Gasteiger partial charge in [0.15, 0.2) is 0 Å². The maximum absolute atomic E-state index is 13.7. The summed E-state index contributed by atoms with van der Waals surface area (Å²) in [6.45, 7) is 5.16. The number of fused-ring (bicyclic) bond motifs is 1. The van der Waals surface area contributed by atoms with E-state index in [-0.39, 0.29) is 6.03 Å². The van der Waals surface area contributed by atoms with Crippen LogP contribution in [0.1, 0.15) is 22.3 Å². The van der Waals surface area contributed by atoms with Crippen molar-refractivity contribution in [1.82, 2.24) is 9.47 Å². The van der Waals surface area contributed by atoms with Crippen LogP contribution in [0.4, 0.5) is 10.5 Å². The number of benzene rings is 3. The molecule has 0 aliphatic rings. The van der Waals surface area contributed by atoms with Gasteiger partial charge in [-0.1, -0.05) is 60.7 Å². The van der Waals surface area contributed by atoms with Crippen LogP contribution in [0.2, 0.25) is 0 Å². The maximum Gasteiger partial charge on any atom is 0.322 e. The number of nitrogens with zero attached hydrogens (tertiary/aromatic N) is 2. The number of aromatic nitrogens is 1. The van der Waals surface area contributed by atoms with Gasteiger partial charge in [-0.15, -0.1) is 11.3 Å². The molecule has 0 radical (unpaired) electrons. The molecule has 5 aromatic rings. The normalized spacial score (nSPS) is 11.1. The first-order valence-corrected chi connectivity index (χ1v) is 12.7. The maximum atomic E-state index is 13.7. The molecule has 0 aliphatic carbocycles. The SMILES string of the molecule is Cc1ccc(NC(=O)N(Cc2ccccc2)Cc2c(-c3cccs3)n(C)c3ccccc23)cc1C. The molecule has 2 amide bonds. The smallest absolute Gasteiger partial charge is 0.322 e. The topological polar surface area (TPSA) is 37.3 Å². The molecule has 3 aromatic carbocycles.